The fourth-order valence-electron chi connectivity index (χ4n) is 2.99. The maximum atomic E-state index is 13.3. The van der Waals surface area contributed by atoms with Crippen LogP contribution in [0, 0.1) is 17.3 Å². The van der Waals surface area contributed by atoms with Crippen molar-refractivity contribution in [2.45, 2.75) is 25.6 Å². The average molecular weight is 345 g/mol. The van der Waals surface area contributed by atoms with E-state index in [1.54, 1.807) is 13.8 Å². The van der Waals surface area contributed by atoms with Crippen molar-refractivity contribution in [2.75, 3.05) is 6.54 Å². The number of carbonyl (C=O) groups is 2. The third-order valence-corrected chi connectivity index (χ3v) is 4.61. The zero-order valence-corrected chi connectivity index (χ0v) is 13.1. The van der Waals surface area contributed by atoms with E-state index in [1.165, 1.54) is 18.2 Å². The molecule has 8 heteroatoms. The van der Waals surface area contributed by atoms with E-state index in [2.05, 4.69) is 5.32 Å². The molecule has 1 unspecified atom stereocenters. The van der Waals surface area contributed by atoms with Gasteiger partial charge in [0.1, 0.15) is 0 Å². The number of carbonyl (C=O) groups excluding carboxylic acids is 1. The van der Waals surface area contributed by atoms with Crippen LogP contribution in [0.5, 0.6) is 0 Å². The molecule has 0 heterocycles. The van der Waals surface area contributed by atoms with Gasteiger partial charge in [0, 0.05) is 0 Å². The second-order valence-corrected chi connectivity index (χ2v) is 6.56. The molecular weight excluding hydrogens is 327 g/mol. The highest BCUT2D eigenvalue weighted by atomic mass is 19.4. The number of aliphatic hydroxyl groups is 1. The Morgan fingerprint density at radius 3 is 2.12 bits per heavy atom. The molecule has 2 rings (SSSR count). The number of halogens is 3. The van der Waals surface area contributed by atoms with Crippen molar-refractivity contribution < 1.29 is 33.0 Å². The van der Waals surface area contributed by atoms with Gasteiger partial charge in [0.2, 0.25) is 11.5 Å². The van der Waals surface area contributed by atoms with Gasteiger partial charge in [0.25, 0.3) is 0 Å². The predicted octanol–water partition coefficient (Wildman–Crippen LogP) is 1.91. The van der Waals surface area contributed by atoms with Crippen LogP contribution in [-0.4, -0.2) is 34.8 Å². The first kappa shape index (κ1) is 18.3. The standard InChI is InChI=1S/C16H18F3NO4/c1-14(2)10(11(14)13(22)23)12(21)20-8-15(24,16(17,18)19)9-6-4-3-5-7-9/h3-7,10-11,24H,8H2,1-2H3,(H,20,21)(H,22,23)/t10-,11+,15?/m1/s1. The topological polar surface area (TPSA) is 86.6 Å². The van der Waals surface area contributed by atoms with Crippen LogP contribution in [0.2, 0.25) is 0 Å². The number of benzene rings is 1. The van der Waals surface area contributed by atoms with Gasteiger partial charge in [-0.1, -0.05) is 44.2 Å². The molecule has 1 aromatic carbocycles. The summed E-state index contributed by atoms with van der Waals surface area (Å²) in [5.74, 6) is -3.86. The van der Waals surface area contributed by atoms with Gasteiger partial charge >= 0.3 is 12.1 Å². The lowest BCUT2D eigenvalue weighted by atomic mass is 9.93. The molecule has 3 atom stereocenters. The third-order valence-electron chi connectivity index (χ3n) is 4.61. The summed E-state index contributed by atoms with van der Waals surface area (Å²) in [5.41, 5.74) is -4.48. The normalized spacial score (nSPS) is 24.8. The first-order valence-corrected chi connectivity index (χ1v) is 7.28. The molecule has 0 aliphatic heterocycles. The lowest BCUT2D eigenvalue weighted by molar-refractivity contribution is -0.264. The Morgan fingerprint density at radius 2 is 1.71 bits per heavy atom. The Labute approximate surface area is 136 Å². The number of aliphatic carboxylic acids is 1. The fraction of sp³-hybridized carbons (Fsp3) is 0.500. The summed E-state index contributed by atoms with van der Waals surface area (Å²) in [6, 6.07) is 6.42. The minimum atomic E-state index is -5.01. The summed E-state index contributed by atoms with van der Waals surface area (Å²) in [7, 11) is 0. The van der Waals surface area contributed by atoms with Crippen molar-refractivity contribution in [3.05, 3.63) is 35.9 Å². The van der Waals surface area contributed by atoms with Crippen LogP contribution in [0.3, 0.4) is 0 Å². The molecule has 3 N–H and O–H groups in total. The van der Waals surface area contributed by atoms with Crippen molar-refractivity contribution >= 4 is 11.9 Å². The molecule has 0 aromatic heterocycles. The molecule has 1 fully saturated rings. The number of hydrogen-bond acceptors (Lipinski definition) is 3. The molecule has 0 saturated heterocycles. The first-order valence-electron chi connectivity index (χ1n) is 7.28. The van der Waals surface area contributed by atoms with Gasteiger partial charge in [0.05, 0.1) is 18.4 Å². The third kappa shape index (κ3) is 2.98. The molecule has 0 radical (unpaired) electrons. The quantitative estimate of drug-likeness (QED) is 0.761. The van der Waals surface area contributed by atoms with Crippen molar-refractivity contribution in [3.63, 3.8) is 0 Å². The fourth-order valence-corrected chi connectivity index (χ4v) is 2.99. The molecule has 132 valence electrons. The van der Waals surface area contributed by atoms with E-state index < -0.39 is 53.0 Å². The van der Waals surface area contributed by atoms with Crippen LogP contribution in [0.1, 0.15) is 19.4 Å². The molecule has 1 aliphatic carbocycles. The van der Waals surface area contributed by atoms with Gasteiger partial charge in [-0.25, -0.2) is 0 Å². The maximum Gasteiger partial charge on any atom is 0.423 e. The van der Waals surface area contributed by atoms with Crippen LogP contribution >= 0.6 is 0 Å². The lowest BCUT2D eigenvalue weighted by Gasteiger charge is -2.31. The first-order chi connectivity index (χ1) is 10.9. The molecular formula is C16H18F3NO4. The van der Waals surface area contributed by atoms with E-state index in [0.29, 0.717) is 0 Å². The molecule has 5 nitrogen and oxygen atoms in total. The second-order valence-electron chi connectivity index (χ2n) is 6.56. The van der Waals surface area contributed by atoms with Crippen molar-refractivity contribution in [1.82, 2.24) is 5.32 Å². The second kappa shape index (κ2) is 5.77. The zero-order chi connectivity index (χ0) is 18.3. The van der Waals surface area contributed by atoms with Crippen molar-refractivity contribution in [3.8, 4) is 0 Å². The number of alkyl halides is 3. The number of amides is 1. The summed E-state index contributed by atoms with van der Waals surface area (Å²) in [6.45, 7) is 2.03. The Morgan fingerprint density at radius 1 is 1.17 bits per heavy atom. The van der Waals surface area contributed by atoms with Crippen LogP contribution in [0.15, 0.2) is 30.3 Å². The highest BCUT2D eigenvalue weighted by Gasteiger charge is 2.66. The van der Waals surface area contributed by atoms with Gasteiger partial charge in [-0.15, -0.1) is 0 Å². The van der Waals surface area contributed by atoms with Crippen molar-refractivity contribution in [2.24, 2.45) is 17.3 Å². The van der Waals surface area contributed by atoms with E-state index in [9.17, 15) is 27.9 Å². The monoisotopic (exact) mass is 345 g/mol. The Balaban J connectivity index is 2.16. The maximum absolute atomic E-state index is 13.3. The zero-order valence-electron chi connectivity index (χ0n) is 13.1. The summed E-state index contributed by atoms with van der Waals surface area (Å²) in [6.07, 6.45) is -5.01. The van der Waals surface area contributed by atoms with E-state index >= 15 is 0 Å². The molecule has 1 aliphatic rings. The van der Waals surface area contributed by atoms with E-state index in [4.69, 9.17) is 5.11 Å². The van der Waals surface area contributed by atoms with Gasteiger partial charge < -0.3 is 15.5 Å². The lowest BCUT2D eigenvalue weighted by Crippen LogP contribution is -2.51. The molecule has 1 aromatic rings. The predicted molar refractivity (Wildman–Crippen MR) is 77.8 cm³/mol. The smallest absolute Gasteiger partial charge is 0.423 e. The molecule has 1 amide bonds. The number of carboxylic acids is 1. The Bertz CT molecular complexity index is 644. The number of hydrogen-bond donors (Lipinski definition) is 3. The largest absolute Gasteiger partial charge is 0.481 e. The van der Waals surface area contributed by atoms with Gasteiger partial charge in [0.15, 0.2) is 0 Å². The summed E-state index contributed by atoms with van der Waals surface area (Å²) in [4.78, 5) is 23.2. The van der Waals surface area contributed by atoms with Gasteiger partial charge in [-0.2, -0.15) is 13.2 Å². The molecule has 24 heavy (non-hydrogen) atoms. The number of carboxylic acid groups (broad SMARTS) is 1. The minimum absolute atomic E-state index is 0.400. The molecule has 0 spiro atoms. The SMILES string of the molecule is CC1(C)[C@H](C(=O)O)[C@@H]1C(=O)NCC(O)(c1ccccc1)C(F)(F)F. The number of nitrogens with one attached hydrogen (secondary N) is 1. The van der Waals surface area contributed by atoms with Crippen LogP contribution in [0.4, 0.5) is 13.2 Å². The molecule has 0 bridgehead atoms. The van der Waals surface area contributed by atoms with E-state index in [1.807, 2.05) is 0 Å². The molecule has 1 saturated carbocycles. The van der Waals surface area contributed by atoms with Crippen LogP contribution in [-0.2, 0) is 15.2 Å². The summed E-state index contributed by atoms with van der Waals surface area (Å²) in [5, 5.41) is 21.2. The van der Waals surface area contributed by atoms with Gasteiger partial charge in [-0.05, 0) is 11.0 Å². The van der Waals surface area contributed by atoms with Crippen LogP contribution in [0.25, 0.3) is 0 Å². The minimum Gasteiger partial charge on any atom is -0.481 e. The Kier molecular flexibility index (Phi) is 4.39. The highest BCUT2D eigenvalue weighted by Crippen LogP contribution is 2.58. The van der Waals surface area contributed by atoms with Gasteiger partial charge in [-0.3, -0.25) is 9.59 Å². The van der Waals surface area contributed by atoms with E-state index in [-0.39, 0.29) is 0 Å². The Hall–Kier alpha value is -2.09. The van der Waals surface area contributed by atoms with Crippen LogP contribution < -0.4 is 5.32 Å². The summed E-state index contributed by atoms with van der Waals surface area (Å²) >= 11 is 0. The van der Waals surface area contributed by atoms with Crippen molar-refractivity contribution in [1.29, 1.82) is 0 Å². The summed E-state index contributed by atoms with van der Waals surface area (Å²) < 4.78 is 40.0. The average Bonchev–Trinajstić information content (AvgIpc) is 3.07. The number of rotatable bonds is 5. The van der Waals surface area contributed by atoms with E-state index in [0.717, 1.165) is 12.1 Å². The highest BCUT2D eigenvalue weighted by molar-refractivity contribution is 5.91.